The van der Waals surface area contributed by atoms with E-state index in [4.69, 9.17) is 9.47 Å². The molecule has 84 valence electrons. The number of rotatable bonds is 8. The van der Waals surface area contributed by atoms with Crippen LogP contribution in [-0.4, -0.2) is 51.0 Å². The Labute approximate surface area is 87.4 Å². The minimum atomic E-state index is 0.736. The summed E-state index contributed by atoms with van der Waals surface area (Å²) in [6.07, 6.45) is 3.92. The first-order valence-electron chi connectivity index (χ1n) is 5.81. The van der Waals surface area contributed by atoms with Crippen molar-refractivity contribution in [3.05, 3.63) is 0 Å². The van der Waals surface area contributed by atoms with Crippen molar-refractivity contribution in [2.24, 2.45) is 0 Å². The molecule has 0 atom stereocenters. The fraction of sp³-hybridized carbons (Fsp3) is 1.00. The minimum Gasteiger partial charge on any atom is -0.379 e. The fourth-order valence-electron chi connectivity index (χ4n) is 1.76. The highest BCUT2D eigenvalue weighted by Crippen LogP contribution is 2.07. The van der Waals surface area contributed by atoms with Gasteiger partial charge in [0.1, 0.15) is 0 Å². The Morgan fingerprint density at radius 2 is 1.71 bits per heavy atom. The molecular weight excluding hydrogens is 178 g/mol. The first-order chi connectivity index (χ1) is 6.93. The van der Waals surface area contributed by atoms with Gasteiger partial charge in [-0.25, -0.2) is 0 Å². The van der Waals surface area contributed by atoms with Crippen LogP contribution >= 0.6 is 0 Å². The molecule has 0 aromatic carbocycles. The summed E-state index contributed by atoms with van der Waals surface area (Å²) in [4.78, 5) is 2.52. The monoisotopic (exact) mass is 201 g/mol. The Morgan fingerprint density at radius 1 is 1.00 bits per heavy atom. The molecule has 3 nitrogen and oxygen atoms in total. The van der Waals surface area contributed by atoms with E-state index in [-0.39, 0.29) is 0 Å². The van der Waals surface area contributed by atoms with Gasteiger partial charge < -0.3 is 14.4 Å². The normalized spacial score (nSPS) is 17.8. The first kappa shape index (κ1) is 12.0. The largest absolute Gasteiger partial charge is 0.379 e. The minimum absolute atomic E-state index is 0.736. The zero-order chi connectivity index (χ0) is 10.1. The molecule has 14 heavy (non-hydrogen) atoms. The van der Waals surface area contributed by atoms with Gasteiger partial charge >= 0.3 is 0 Å². The Hall–Kier alpha value is -0.120. The molecule has 1 saturated heterocycles. The van der Waals surface area contributed by atoms with Crippen LogP contribution in [0.25, 0.3) is 0 Å². The van der Waals surface area contributed by atoms with Gasteiger partial charge in [-0.15, -0.1) is 0 Å². The maximum Gasteiger partial charge on any atom is 0.0700 e. The molecule has 0 spiro atoms. The molecule has 1 aliphatic heterocycles. The standard InChI is InChI=1S/C11H23NO2/c1-2-13-10-11-14-9-5-8-12-6-3-4-7-12/h2-11H2,1H3. The van der Waals surface area contributed by atoms with E-state index in [0.717, 1.165) is 32.8 Å². The van der Waals surface area contributed by atoms with E-state index < -0.39 is 0 Å². The quantitative estimate of drug-likeness (QED) is 0.556. The van der Waals surface area contributed by atoms with Gasteiger partial charge in [-0.05, 0) is 39.3 Å². The molecule has 0 N–H and O–H groups in total. The van der Waals surface area contributed by atoms with Crippen LogP contribution in [0.1, 0.15) is 26.2 Å². The Morgan fingerprint density at radius 3 is 2.43 bits per heavy atom. The highest BCUT2D eigenvalue weighted by Gasteiger charge is 2.09. The van der Waals surface area contributed by atoms with Crippen molar-refractivity contribution in [1.29, 1.82) is 0 Å². The van der Waals surface area contributed by atoms with Gasteiger partial charge in [-0.1, -0.05) is 0 Å². The molecule has 3 heteroatoms. The number of hydrogen-bond acceptors (Lipinski definition) is 3. The van der Waals surface area contributed by atoms with E-state index in [1.165, 1.54) is 32.5 Å². The summed E-state index contributed by atoms with van der Waals surface area (Å²) >= 11 is 0. The summed E-state index contributed by atoms with van der Waals surface area (Å²) < 4.78 is 10.6. The van der Waals surface area contributed by atoms with Gasteiger partial charge in [-0.2, -0.15) is 0 Å². The predicted octanol–water partition coefficient (Wildman–Crippen LogP) is 1.53. The Balaban J connectivity index is 1.75. The van der Waals surface area contributed by atoms with Crippen molar-refractivity contribution >= 4 is 0 Å². The zero-order valence-electron chi connectivity index (χ0n) is 9.33. The number of likely N-dealkylation sites (tertiary alicyclic amines) is 1. The van der Waals surface area contributed by atoms with E-state index in [1.54, 1.807) is 0 Å². The maximum absolute atomic E-state index is 5.44. The van der Waals surface area contributed by atoms with Gasteiger partial charge in [-0.3, -0.25) is 0 Å². The summed E-state index contributed by atoms with van der Waals surface area (Å²) in [5.74, 6) is 0. The summed E-state index contributed by atoms with van der Waals surface area (Å²) in [6, 6.07) is 0. The van der Waals surface area contributed by atoms with E-state index in [1.807, 2.05) is 6.92 Å². The molecular formula is C11H23NO2. The van der Waals surface area contributed by atoms with Crippen LogP contribution in [0.3, 0.4) is 0 Å². The maximum atomic E-state index is 5.44. The fourth-order valence-corrected chi connectivity index (χ4v) is 1.76. The topological polar surface area (TPSA) is 21.7 Å². The van der Waals surface area contributed by atoms with Crippen LogP contribution in [0.15, 0.2) is 0 Å². The molecule has 1 fully saturated rings. The third kappa shape index (κ3) is 5.58. The van der Waals surface area contributed by atoms with Crippen molar-refractivity contribution in [3.8, 4) is 0 Å². The molecule has 0 aliphatic carbocycles. The van der Waals surface area contributed by atoms with Crippen molar-refractivity contribution in [2.75, 3.05) is 46.1 Å². The SMILES string of the molecule is CCOCCOCCCN1CCCC1. The number of ether oxygens (including phenoxy) is 2. The second-order valence-electron chi connectivity index (χ2n) is 3.71. The van der Waals surface area contributed by atoms with Crippen molar-refractivity contribution in [2.45, 2.75) is 26.2 Å². The lowest BCUT2D eigenvalue weighted by Gasteiger charge is -2.13. The molecule has 0 aromatic rings. The molecule has 0 radical (unpaired) electrons. The van der Waals surface area contributed by atoms with Gasteiger partial charge in [0.25, 0.3) is 0 Å². The molecule has 0 bridgehead atoms. The van der Waals surface area contributed by atoms with Crippen molar-refractivity contribution in [1.82, 2.24) is 4.90 Å². The van der Waals surface area contributed by atoms with Crippen LogP contribution in [0.2, 0.25) is 0 Å². The highest BCUT2D eigenvalue weighted by molar-refractivity contribution is 4.65. The number of hydrogen-bond donors (Lipinski definition) is 0. The lowest BCUT2D eigenvalue weighted by atomic mass is 10.4. The average molecular weight is 201 g/mol. The van der Waals surface area contributed by atoms with Gasteiger partial charge in [0.2, 0.25) is 0 Å². The predicted molar refractivity (Wildman–Crippen MR) is 57.6 cm³/mol. The molecule has 1 rings (SSSR count). The van der Waals surface area contributed by atoms with Crippen LogP contribution in [0.4, 0.5) is 0 Å². The molecule has 1 heterocycles. The molecule has 0 saturated carbocycles. The highest BCUT2D eigenvalue weighted by atomic mass is 16.5. The second kappa shape index (κ2) is 8.21. The van der Waals surface area contributed by atoms with Gasteiger partial charge in [0, 0.05) is 19.8 Å². The first-order valence-corrected chi connectivity index (χ1v) is 5.81. The third-order valence-electron chi connectivity index (χ3n) is 2.54. The summed E-state index contributed by atoms with van der Waals surface area (Å²) in [5.41, 5.74) is 0. The van der Waals surface area contributed by atoms with E-state index in [2.05, 4.69) is 4.90 Å². The molecule has 1 aliphatic rings. The summed E-state index contributed by atoms with van der Waals surface area (Å²) in [5, 5.41) is 0. The van der Waals surface area contributed by atoms with Crippen molar-refractivity contribution < 1.29 is 9.47 Å². The van der Waals surface area contributed by atoms with Crippen molar-refractivity contribution in [3.63, 3.8) is 0 Å². The van der Waals surface area contributed by atoms with E-state index in [0.29, 0.717) is 0 Å². The lowest BCUT2D eigenvalue weighted by molar-refractivity contribution is 0.0496. The van der Waals surface area contributed by atoms with Crippen LogP contribution in [-0.2, 0) is 9.47 Å². The zero-order valence-corrected chi connectivity index (χ0v) is 9.33. The van der Waals surface area contributed by atoms with E-state index in [9.17, 15) is 0 Å². The van der Waals surface area contributed by atoms with Gasteiger partial charge in [0.05, 0.1) is 13.2 Å². The lowest BCUT2D eigenvalue weighted by Crippen LogP contribution is -2.21. The smallest absolute Gasteiger partial charge is 0.0700 e. The Kier molecular flexibility index (Phi) is 7.01. The van der Waals surface area contributed by atoms with Crippen LogP contribution in [0, 0.1) is 0 Å². The van der Waals surface area contributed by atoms with Gasteiger partial charge in [0.15, 0.2) is 0 Å². The van der Waals surface area contributed by atoms with E-state index >= 15 is 0 Å². The Bertz CT molecular complexity index is 124. The third-order valence-corrected chi connectivity index (χ3v) is 2.54. The van der Waals surface area contributed by atoms with Crippen LogP contribution in [0.5, 0.6) is 0 Å². The average Bonchev–Trinajstić information content (AvgIpc) is 2.69. The summed E-state index contributed by atoms with van der Waals surface area (Å²) in [6.45, 7) is 8.94. The van der Waals surface area contributed by atoms with Crippen LogP contribution < -0.4 is 0 Å². The second-order valence-corrected chi connectivity index (χ2v) is 3.71. The molecule has 0 amide bonds. The molecule has 0 unspecified atom stereocenters. The summed E-state index contributed by atoms with van der Waals surface area (Å²) in [7, 11) is 0. The number of nitrogens with zero attached hydrogens (tertiary/aromatic N) is 1. The molecule has 0 aromatic heterocycles.